The molecule has 0 aliphatic carbocycles. The number of non-ortho nitro benzene ring substituents is 1. The summed E-state index contributed by atoms with van der Waals surface area (Å²) in [5, 5.41) is 10.5. The van der Waals surface area contributed by atoms with E-state index < -0.39 is 4.92 Å². The van der Waals surface area contributed by atoms with E-state index in [9.17, 15) is 10.1 Å². The Labute approximate surface area is 108 Å². The van der Waals surface area contributed by atoms with E-state index in [4.69, 9.17) is 16.3 Å². The molecular formula is C12H9ClN2O3. The molecule has 0 amide bonds. The van der Waals surface area contributed by atoms with Crippen LogP contribution in [0.4, 0.5) is 5.69 Å². The zero-order chi connectivity index (χ0) is 13.0. The Balaban J connectivity index is 2.15. The molecule has 6 heteroatoms. The first-order valence-electron chi connectivity index (χ1n) is 5.11. The highest BCUT2D eigenvalue weighted by atomic mass is 35.5. The second-order valence-electron chi connectivity index (χ2n) is 3.52. The van der Waals surface area contributed by atoms with Gasteiger partial charge in [0.05, 0.1) is 11.1 Å². The van der Waals surface area contributed by atoms with Crippen molar-refractivity contribution in [2.75, 3.05) is 0 Å². The first-order chi connectivity index (χ1) is 8.69. The van der Waals surface area contributed by atoms with Crippen LogP contribution in [0.3, 0.4) is 0 Å². The van der Waals surface area contributed by atoms with Crippen molar-refractivity contribution in [2.24, 2.45) is 0 Å². The lowest BCUT2D eigenvalue weighted by atomic mass is 10.3. The van der Waals surface area contributed by atoms with Gasteiger partial charge < -0.3 is 4.74 Å². The van der Waals surface area contributed by atoms with Gasteiger partial charge in [0.2, 0.25) is 0 Å². The lowest BCUT2D eigenvalue weighted by Gasteiger charge is -2.05. The predicted molar refractivity (Wildman–Crippen MR) is 67.0 cm³/mol. The third kappa shape index (κ3) is 2.95. The topological polar surface area (TPSA) is 65.3 Å². The quantitative estimate of drug-likeness (QED) is 0.481. The zero-order valence-electron chi connectivity index (χ0n) is 9.25. The maximum Gasteiger partial charge on any atom is 0.269 e. The van der Waals surface area contributed by atoms with Gasteiger partial charge in [-0.05, 0) is 23.8 Å². The van der Waals surface area contributed by atoms with Gasteiger partial charge in [0, 0.05) is 24.2 Å². The monoisotopic (exact) mass is 264 g/mol. The molecule has 1 aromatic heterocycles. The number of halogens is 1. The largest absolute Gasteiger partial charge is 0.456 e. The molecule has 2 aromatic rings. The molecule has 0 N–H and O–H groups in total. The summed E-state index contributed by atoms with van der Waals surface area (Å²) < 4.78 is 5.51. The Kier molecular flexibility index (Phi) is 3.74. The van der Waals surface area contributed by atoms with Gasteiger partial charge >= 0.3 is 0 Å². The fourth-order valence-electron chi connectivity index (χ4n) is 1.36. The van der Waals surface area contributed by atoms with Gasteiger partial charge in [-0.2, -0.15) is 0 Å². The molecule has 0 fully saturated rings. The number of nitro benzene ring substituents is 1. The molecule has 0 atom stereocenters. The van der Waals surface area contributed by atoms with Crippen molar-refractivity contribution in [3.63, 3.8) is 0 Å². The Hall–Kier alpha value is -2.14. The van der Waals surface area contributed by atoms with Gasteiger partial charge in [-0.15, -0.1) is 11.6 Å². The van der Waals surface area contributed by atoms with Crippen LogP contribution >= 0.6 is 11.6 Å². The second kappa shape index (κ2) is 5.46. The van der Waals surface area contributed by atoms with E-state index in [1.165, 1.54) is 24.3 Å². The van der Waals surface area contributed by atoms with E-state index in [2.05, 4.69) is 4.98 Å². The molecule has 1 aromatic carbocycles. The summed E-state index contributed by atoms with van der Waals surface area (Å²) in [6.45, 7) is 0. The Morgan fingerprint density at radius 1 is 1.22 bits per heavy atom. The van der Waals surface area contributed by atoms with Crippen molar-refractivity contribution in [1.82, 2.24) is 4.98 Å². The SMILES string of the molecule is O=[N+]([O-])c1ccc(Oc2cncc(CCl)c2)cc1. The van der Waals surface area contributed by atoms with Crippen molar-refractivity contribution in [3.8, 4) is 11.5 Å². The normalized spacial score (nSPS) is 10.1. The average Bonchev–Trinajstić information content (AvgIpc) is 2.39. The minimum Gasteiger partial charge on any atom is -0.456 e. The highest BCUT2D eigenvalue weighted by molar-refractivity contribution is 6.17. The van der Waals surface area contributed by atoms with E-state index in [1.54, 1.807) is 18.5 Å². The smallest absolute Gasteiger partial charge is 0.269 e. The minimum atomic E-state index is -0.459. The molecule has 0 bridgehead atoms. The molecule has 0 unspecified atom stereocenters. The summed E-state index contributed by atoms with van der Waals surface area (Å²) in [6.07, 6.45) is 3.20. The lowest BCUT2D eigenvalue weighted by molar-refractivity contribution is -0.384. The fraction of sp³-hybridized carbons (Fsp3) is 0.0833. The van der Waals surface area contributed by atoms with Crippen LogP contribution in [0, 0.1) is 10.1 Å². The van der Waals surface area contributed by atoms with Crippen LogP contribution in [-0.4, -0.2) is 9.91 Å². The van der Waals surface area contributed by atoms with Gasteiger partial charge in [-0.25, -0.2) is 0 Å². The lowest BCUT2D eigenvalue weighted by Crippen LogP contribution is -1.90. The molecule has 0 aliphatic rings. The maximum absolute atomic E-state index is 10.5. The second-order valence-corrected chi connectivity index (χ2v) is 3.78. The first-order valence-corrected chi connectivity index (χ1v) is 5.64. The molecule has 1 heterocycles. The summed E-state index contributed by atoms with van der Waals surface area (Å²) in [5.41, 5.74) is 0.867. The molecule has 2 rings (SSSR count). The van der Waals surface area contributed by atoms with Gasteiger partial charge in [-0.3, -0.25) is 15.1 Å². The molecule has 5 nitrogen and oxygen atoms in total. The van der Waals surface area contributed by atoms with Gasteiger partial charge in [0.15, 0.2) is 0 Å². The number of nitrogens with zero attached hydrogens (tertiary/aromatic N) is 2. The molecule has 0 radical (unpaired) electrons. The zero-order valence-corrected chi connectivity index (χ0v) is 10.0. The summed E-state index contributed by atoms with van der Waals surface area (Å²) in [4.78, 5) is 14.0. The van der Waals surface area contributed by atoms with E-state index in [-0.39, 0.29) is 5.69 Å². The van der Waals surface area contributed by atoms with E-state index >= 15 is 0 Å². The molecular weight excluding hydrogens is 256 g/mol. The maximum atomic E-state index is 10.5. The number of nitro groups is 1. The van der Waals surface area contributed by atoms with Gasteiger partial charge in [0.1, 0.15) is 11.5 Å². The van der Waals surface area contributed by atoms with Crippen LogP contribution in [0.2, 0.25) is 0 Å². The van der Waals surface area contributed by atoms with E-state index in [1.807, 2.05) is 0 Å². The molecule has 0 spiro atoms. The van der Waals surface area contributed by atoms with Crippen molar-refractivity contribution in [1.29, 1.82) is 0 Å². The number of ether oxygens (including phenoxy) is 1. The van der Waals surface area contributed by atoms with Gasteiger partial charge in [-0.1, -0.05) is 0 Å². The summed E-state index contributed by atoms with van der Waals surface area (Å²) in [5.74, 6) is 1.40. The van der Waals surface area contributed by atoms with Crippen LogP contribution in [0.15, 0.2) is 42.7 Å². The van der Waals surface area contributed by atoms with E-state index in [0.717, 1.165) is 5.56 Å². The summed E-state index contributed by atoms with van der Waals surface area (Å²) in [7, 11) is 0. The molecule has 92 valence electrons. The van der Waals surface area contributed by atoms with Crippen LogP contribution in [-0.2, 0) is 5.88 Å². The van der Waals surface area contributed by atoms with Crippen molar-refractivity contribution in [2.45, 2.75) is 5.88 Å². The Morgan fingerprint density at radius 2 is 1.94 bits per heavy atom. The molecule has 0 saturated carbocycles. The molecule has 0 saturated heterocycles. The third-order valence-corrected chi connectivity index (χ3v) is 2.52. The van der Waals surface area contributed by atoms with Gasteiger partial charge in [0.25, 0.3) is 5.69 Å². The highest BCUT2D eigenvalue weighted by Crippen LogP contribution is 2.24. The third-order valence-electron chi connectivity index (χ3n) is 2.21. The van der Waals surface area contributed by atoms with Crippen molar-refractivity contribution >= 4 is 17.3 Å². The Bertz CT molecular complexity index is 558. The number of hydrogen-bond donors (Lipinski definition) is 0. The number of aromatic nitrogens is 1. The number of benzene rings is 1. The van der Waals surface area contributed by atoms with Crippen LogP contribution in [0.5, 0.6) is 11.5 Å². The fourth-order valence-corrected chi connectivity index (χ4v) is 1.51. The molecule has 18 heavy (non-hydrogen) atoms. The highest BCUT2D eigenvalue weighted by Gasteiger charge is 2.05. The number of alkyl halides is 1. The average molecular weight is 265 g/mol. The van der Waals surface area contributed by atoms with Crippen LogP contribution < -0.4 is 4.74 Å². The molecule has 0 aliphatic heterocycles. The van der Waals surface area contributed by atoms with Crippen molar-refractivity contribution in [3.05, 3.63) is 58.4 Å². The predicted octanol–water partition coefficient (Wildman–Crippen LogP) is 3.52. The standard InChI is InChI=1S/C12H9ClN2O3/c13-6-9-5-12(8-14-7-9)18-11-3-1-10(2-4-11)15(16)17/h1-5,7-8H,6H2. The van der Waals surface area contributed by atoms with Crippen LogP contribution in [0.25, 0.3) is 0 Å². The summed E-state index contributed by atoms with van der Waals surface area (Å²) in [6, 6.07) is 7.60. The first kappa shape index (κ1) is 12.3. The number of hydrogen-bond acceptors (Lipinski definition) is 4. The van der Waals surface area contributed by atoms with Crippen molar-refractivity contribution < 1.29 is 9.66 Å². The number of pyridine rings is 1. The van der Waals surface area contributed by atoms with E-state index in [0.29, 0.717) is 17.4 Å². The summed E-state index contributed by atoms with van der Waals surface area (Å²) >= 11 is 5.69. The van der Waals surface area contributed by atoms with Crippen LogP contribution in [0.1, 0.15) is 5.56 Å². The number of rotatable bonds is 4. The Morgan fingerprint density at radius 3 is 2.56 bits per heavy atom. The minimum absolute atomic E-state index is 0.0231.